The van der Waals surface area contributed by atoms with Crippen molar-refractivity contribution >= 4 is 44.7 Å². The van der Waals surface area contributed by atoms with Crippen LogP contribution in [-0.2, 0) is 9.59 Å². The minimum Gasteiger partial charge on any atom is -0.507 e. The molecule has 5 nitrogen and oxygen atoms in total. The number of aliphatic hydroxyl groups is 1. The molecule has 0 spiro atoms. The minimum absolute atomic E-state index is 0.130. The van der Waals surface area contributed by atoms with Crippen molar-refractivity contribution in [1.29, 1.82) is 0 Å². The van der Waals surface area contributed by atoms with E-state index in [9.17, 15) is 14.7 Å². The predicted octanol–water partition coefficient (Wildman–Crippen LogP) is 3.88. The van der Waals surface area contributed by atoms with Gasteiger partial charge in [-0.15, -0.1) is 11.3 Å². The Kier molecular flexibility index (Phi) is 6.14. The monoisotopic (exact) mass is 448 g/mol. The Morgan fingerprint density at radius 1 is 1.22 bits per heavy atom. The Balaban J connectivity index is 2.03. The number of likely N-dealkylation sites (tertiary alicyclic amines) is 1. The van der Waals surface area contributed by atoms with Crippen LogP contribution in [0.25, 0.3) is 5.76 Å². The molecule has 0 aliphatic carbocycles. The maximum absolute atomic E-state index is 12.8. The summed E-state index contributed by atoms with van der Waals surface area (Å²) in [6, 6.07) is 10.3. The van der Waals surface area contributed by atoms with Gasteiger partial charge in [0.1, 0.15) is 5.76 Å². The van der Waals surface area contributed by atoms with Gasteiger partial charge in [0.2, 0.25) is 0 Å². The van der Waals surface area contributed by atoms with Crippen LogP contribution in [-0.4, -0.2) is 53.8 Å². The zero-order valence-electron chi connectivity index (χ0n) is 15.2. The van der Waals surface area contributed by atoms with Gasteiger partial charge in [0.15, 0.2) is 0 Å². The van der Waals surface area contributed by atoms with Crippen molar-refractivity contribution in [3.05, 3.63) is 62.3 Å². The van der Waals surface area contributed by atoms with Crippen molar-refractivity contribution in [2.24, 2.45) is 0 Å². The molecule has 7 heteroatoms. The van der Waals surface area contributed by atoms with E-state index < -0.39 is 17.7 Å². The largest absolute Gasteiger partial charge is 0.507 e. The number of Topliss-reactive ketones (excluding diaryl/α,β-unsaturated/α-hetero) is 1. The van der Waals surface area contributed by atoms with Crippen LogP contribution in [0.3, 0.4) is 0 Å². The number of ketones is 1. The average molecular weight is 449 g/mol. The third kappa shape index (κ3) is 4.15. The van der Waals surface area contributed by atoms with Gasteiger partial charge in [0.25, 0.3) is 11.7 Å². The third-order valence-corrected chi connectivity index (χ3v) is 5.93. The molecule has 0 saturated carbocycles. The van der Waals surface area contributed by atoms with Crippen molar-refractivity contribution in [2.75, 3.05) is 27.2 Å². The first kappa shape index (κ1) is 19.8. The lowest BCUT2D eigenvalue weighted by molar-refractivity contribution is -0.139. The molecule has 1 atom stereocenters. The van der Waals surface area contributed by atoms with Gasteiger partial charge in [-0.25, -0.2) is 0 Å². The highest BCUT2D eigenvalue weighted by molar-refractivity contribution is 9.10. The van der Waals surface area contributed by atoms with Crippen molar-refractivity contribution in [3.63, 3.8) is 0 Å². The fourth-order valence-corrected chi connectivity index (χ4v) is 4.28. The van der Waals surface area contributed by atoms with Crippen LogP contribution in [0, 0.1) is 0 Å². The number of hydrogen-bond acceptors (Lipinski definition) is 5. The average Bonchev–Trinajstić information content (AvgIpc) is 3.24. The molecule has 142 valence electrons. The highest BCUT2D eigenvalue weighted by Gasteiger charge is 2.46. The van der Waals surface area contributed by atoms with Crippen molar-refractivity contribution < 1.29 is 14.7 Å². The minimum atomic E-state index is -0.626. The van der Waals surface area contributed by atoms with Crippen molar-refractivity contribution in [3.8, 4) is 0 Å². The summed E-state index contributed by atoms with van der Waals surface area (Å²) >= 11 is 4.84. The molecule has 1 amide bonds. The Morgan fingerprint density at radius 2 is 1.93 bits per heavy atom. The van der Waals surface area contributed by atoms with Crippen LogP contribution in [0.5, 0.6) is 0 Å². The number of carbonyl (C=O) groups is 2. The maximum Gasteiger partial charge on any atom is 0.295 e. The van der Waals surface area contributed by atoms with Gasteiger partial charge in [0, 0.05) is 21.5 Å². The van der Waals surface area contributed by atoms with Gasteiger partial charge >= 0.3 is 0 Å². The van der Waals surface area contributed by atoms with E-state index in [1.54, 1.807) is 29.2 Å². The molecule has 1 aliphatic rings. The van der Waals surface area contributed by atoms with Crippen molar-refractivity contribution in [1.82, 2.24) is 9.80 Å². The number of nitrogens with zero attached hydrogens (tertiary/aromatic N) is 2. The molecular weight excluding hydrogens is 428 g/mol. The summed E-state index contributed by atoms with van der Waals surface area (Å²) in [5.74, 6) is -1.31. The summed E-state index contributed by atoms with van der Waals surface area (Å²) in [6.07, 6.45) is 0.750. The van der Waals surface area contributed by atoms with E-state index in [2.05, 4.69) is 15.9 Å². The second-order valence-electron chi connectivity index (χ2n) is 6.67. The molecule has 2 aromatic rings. The van der Waals surface area contributed by atoms with Gasteiger partial charge in [-0.05, 0) is 50.6 Å². The van der Waals surface area contributed by atoms with Crippen LogP contribution in [0.2, 0.25) is 0 Å². The van der Waals surface area contributed by atoms with E-state index in [0.717, 1.165) is 22.3 Å². The lowest BCUT2D eigenvalue weighted by Crippen LogP contribution is -2.32. The summed E-state index contributed by atoms with van der Waals surface area (Å²) in [4.78, 5) is 30.0. The molecule has 0 radical (unpaired) electrons. The maximum atomic E-state index is 12.8. The van der Waals surface area contributed by atoms with Gasteiger partial charge in [0.05, 0.1) is 11.6 Å². The highest BCUT2D eigenvalue weighted by atomic mass is 79.9. The molecule has 1 N–H and O–H groups in total. The first-order valence-electron chi connectivity index (χ1n) is 8.62. The summed E-state index contributed by atoms with van der Waals surface area (Å²) in [5, 5.41) is 12.8. The van der Waals surface area contributed by atoms with E-state index >= 15 is 0 Å². The number of amides is 1. The van der Waals surface area contributed by atoms with Crippen LogP contribution < -0.4 is 0 Å². The quantitative estimate of drug-likeness (QED) is 0.413. The van der Waals surface area contributed by atoms with E-state index in [4.69, 9.17) is 0 Å². The first-order chi connectivity index (χ1) is 12.9. The topological polar surface area (TPSA) is 60.9 Å². The standard InChI is InChI=1S/C20H21BrN2O3S/c1-22(2)10-4-11-23-17(15-5-3-12-27-15)16(19(25)20(23)26)18(24)13-6-8-14(21)9-7-13/h3,5-9,12,17,24H,4,10-11H2,1-2H3/b18-16-. The fourth-order valence-electron chi connectivity index (χ4n) is 3.17. The predicted molar refractivity (Wildman–Crippen MR) is 111 cm³/mol. The second kappa shape index (κ2) is 8.37. The summed E-state index contributed by atoms with van der Waals surface area (Å²) in [6.45, 7) is 1.27. The number of carbonyl (C=O) groups excluding carboxylic acids is 2. The Hall–Kier alpha value is -1.96. The molecule has 1 aromatic heterocycles. The van der Waals surface area contributed by atoms with E-state index in [0.29, 0.717) is 12.1 Å². The molecule has 1 aliphatic heterocycles. The molecule has 0 bridgehead atoms. The van der Waals surface area contributed by atoms with Crippen LogP contribution in [0.15, 0.2) is 51.8 Å². The van der Waals surface area contributed by atoms with Gasteiger partial charge in [-0.3, -0.25) is 9.59 Å². The van der Waals surface area contributed by atoms with E-state index in [-0.39, 0.29) is 11.3 Å². The lowest BCUT2D eigenvalue weighted by atomic mass is 10.00. The fraction of sp³-hybridized carbons (Fsp3) is 0.300. The number of halogens is 1. The molecule has 3 rings (SSSR count). The zero-order valence-corrected chi connectivity index (χ0v) is 17.6. The Morgan fingerprint density at radius 3 is 2.52 bits per heavy atom. The Labute approximate surface area is 171 Å². The Bertz CT molecular complexity index is 860. The highest BCUT2D eigenvalue weighted by Crippen LogP contribution is 2.41. The van der Waals surface area contributed by atoms with E-state index in [1.807, 2.05) is 36.5 Å². The van der Waals surface area contributed by atoms with Gasteiger partial charge in [-0.2, -0.15) is 0 Å². The van der Waals surface area contributed by atoms with Gasteiger partial charge < -0.3 is 14.9 Å². The third-order valence-electron chi connectivity index (χ3n) is 4.47. The molecular formula is C20H21BrN2O3S. The molecule has 1 unspecified atom stereocenters. The molecule has 1 fully saturated rings. The smallest absolute Gasteiger partial charge is 0.295 e. The van der Waals surface area contributed by atoms with Gasteiger partial charge in [-0.1, -0.05) is 34.1 Å². The summed E-state index contributed by atoms with van der Waals surface area (Å²) in [7, 11) is 3.94. The first-order valence-corrected chi connectivity index (χ1v) is 10.3. The zero-order chi connectivity index (χ0) is 19.6. The second-order valence-corrected chi connectivity index (χ2v) is 8.57. The molecule has 1 aromatic carbocycles. The number of aliphatic hydroxyl groups excluding tert-OH is 1. The SMILES string of the molecule is CN(C)CCCN1C(=O)C(=O)/C(=C(\O)c2ccc(Br)cc2)C1c1cccs1. The van der Waals surface area contributed by atoms with Crippen LogP contribution >= 0.6 is 27.3 Å². The summed E-state index contributed by atoms with van der Waals surface area (Å²) in [5.41, 5.74) is 0.681. The molecule has 2 heterocycles. The van der Waals surface area contributed by atoms with Crippen LogP contribution in [0.1, 0.15) is 22.9 Å². The number of thiophene rings is 1. The number of hydrogen-bond donors (Lipinski definition) is 1. The lowest BCUT2D eigenvalue weighted by Gasteiger charge is -2.24. The molecule has 27 heavy (non-hydrogen) atoms. The summed E-state index contributed by atoms with van der Waals surface area (Å²) < 4.78 is 0.873. The van der Waals surface area contributed by atoms with Crippen LogP contribution in [0.4, 0.5) is 0 Å². The number of benzene rings is 1. The normalized spacial score (nSPS) is 19.3. The van der Waals surface area contributed by atoms with E-state index in [1.165, 1.54) is 11.3 Å². The van der Waals surface area contributed by atoms with Crippen molar-refractivity contribution in [2.45, 2.75) is 12.5 Å². The molecule has 1 saturated heterocycles. The number of rotatable bonds is 6.